The summed E-state index contributed by atoms with van der Waals surface area (Å²) in [6, 6.07) is 0. The molecule has 2 aromatic rings. The van der Waals surface area contributed by atoms with Crippen molar-refractivity contribution in [3.63, 3.8) is 0 Å². The van der Waals surface area contributed by atoms with Gasteiger partial charge in [-0.25, -0.2) is 18.6 Å². The van der Waals surface area contributed by atoms with Crippen molar-refractivity contribution < 1.29 is 18.3 Å². The van der Waals surface area contributed by atoms with E-state index in [1.54, 1.807) is 6.92 Å². The van der Waals surface area contributed by atoms with Crippen LogP contribution >= 0.6 is 11.6 Å². The number of carbonyl (C=O) groups excluding carboxylic acids is 1. The fourth-order valence-corrected chi connectivity index (χ4v) is 1.75. The minimum absolute atomic E-state index is 0.0736. The van der Waals surface area contributed by atoms with Gasteiger partial charge in [-0.1, -0.05) is 0 Å². The first-order chi connectivity index (χ1) is 10.5. The molecule has 0 amide bonds. The van der Waals surface area contributed by atoms with Gasteiger partial charge in [0.2, 0.25) is 5.28 Å². The SMILES string of the molecule is CCOC(=O)c1cnc(Cl)nc1Nc1cnn(CC(F)F)c1. The van der Waals surface area contributed by atoms with E-state index in [-0.39, 0.29) is 23.3 Å². The van der Waals surface area contributed by atoms with Gasteiger partial charge in [-0.15, -0.1) is 0 Å². The van der Waals surface area contributed by atoms with Crippen LogP contribution in [-0.4, -0.2) is 38.8 Å². The number of hydrogen-bond donors (Lipinski definition) is 1. The van der Waals surface area contributed by atoms with Crippen LogP contribution in [0.5, 0.6) is 0 Å². The van der Waals surface area contributed by atoms with Crippen molar-refractivity contribution in [2.45, 2.75) is 19.9 Å². The molecule has 2 aromatic heterocycles. The number of anilines is 2. The summed E-state index contributed by atoms with van der Waals surface area (Å²) in [5.41, 5.74) is 0.453. The Labute approximate surface area is 129 Å². The molecule has 0 aliphatic heterocycles. The zero-order valence-electron chi connectivity index (χ0n) is 11.5. The smallest absolute Gasteiger partial charge is 0.343 e. The number of carbonyl (C=O) groups is 1. The number of nitrogens with zero attached hydrogens (tertiary/aromatic N) is 4. The fraction of sp³-hybridized carbons (Fsp3) is 0.333. The van der Waals surface area contributed by atoms with Gasteiger partial charge in [-0.05, 0) is 18.5 Å². The van der Waals surface area contributed by atoms with E-state index in [2.05, 4.69) is 20.4 Å². The molecule has 0 saturated carbocycles. The van der Waals surface area contributed by atoms with Gasteiger partial charge in [0.15, 0.2) is 0 Å². The Hall–Kier alpha value is -2.29. The topological polar surface area (TPSA) is 81.9 Å². The Balaban J connectivity index is 2.22. The average Bonchev–Trinajstić information content (AvgIpc) is 2.85. The molecule has 1 N–H and O–H groups in total. The molecule has 0 aromatic carbocycles. The van der Waals surface area contributed by atoms with Crippen LogP contribution in [0.25, 0.3) is 0 Å². The number of ether oxygens (including phenoxy) is 1. The van der Waals surface area contributed by atoms with Crippen LogP contribution in [0.15, 0.2) is 18.6 Å². The molecule has 118 valence electrons. The lowest BCUT2D eigenvalue weighted by atomic mass is 10.3. The molecule has 2 rings (SSSR count). The molecule has 0 saturated heterocycles. The molecular formula is C12H12ClF2N5O2. The standard InChI is InChI=1S/C12H12ClF2N5O2/c1-2-22-11(21)8-4-16-12(13)19-10(8)18-7-3-17-20(5-7)6-9(14)15/h3-5,9H,2,6H2,1H3,(H,16,18,19). The van der Waals surface area contributed by atoms with Crippen molar-refractivity contribution in [1.82, 2.24) is 19.7 Å². The predicted octanol–water partition coefficient (Wildman–Crippen LogP) is 2.51. The van der Waals surface area contributed by atoms with Gasteiger partial charge in [0.1, 0.15) is 17.9 Å². The van der Waals surface area contributed by atoms with Crippen LogP contribution in [0.2, 0.25) is 5.28 Å². The molecule has 0 aliphatic rings. The first kappa shape index (κ1) is 16.1. The highest BCUT2D eigenvalue weighted by atomic mass is 35.5. The van der Waals surface area contributed by atoms with E-state index in [0.717, 1.165) is 4.68 Å². The number of alkyl halides is 2. The second-order valence-corrected chi connectivity index (χ2v) is 4.43. The minimum atomic E-state index is -2.52. The summed E-state index contributed by atoms with van der Waals surface area (Å²) in [6.07, 6.45) is 1.39. The third-order valence-corrected chi connectivity index (χ3v) is 2.66. The molecule has 0 radical (unpaired) electrons. The van der Waals surface area contributed by atoms with Gasteiger partial charge in [0.25, 0.3) is 6.43 Å². The minimum Gasteiger partial charge on any atom is -0.462 e. The lowest BCUT2D eigenvalue weighted by Gasteiger charge is -2.08. The number of halogens is 3. The van der Waals surface area contributed by atoms with Gasteiger partial charge in [-0.3, -0.25) is 4.68 Å². The van der Waals surface area contributed by atoms with Crippen molar-refractivity contribution in [3.8, 4) is 0 Å². The molecule has 0 aliphatic carbocycles. The molecule has 0 bridgehead atoms. The molecule has 0 spiro atoms. The van der Waals surface area contributed by atoms with E-state index in [1.807, 2.05) is 0 Å². The van der Waals surface area contributed by atoms with Crippen LogP contribution in [0.4, 0.5) is 20.3 Å². The molecular weight excluding hydrogens is 320 g/mol. The van der Waals surface area contributed by atoms with Crippen molar-refractivity contribution in [1.29, 1.82) is 0 Å². The van der Waals surface area contributed by atoms with E-state index in [0.29, 0.717) is 5.69 Å². The number of aromatic nitrogens is 4. The third-order valence-electron chi connectivity index (χ3n) is 2.48. The monoisotopic (exact) mass is 331 g/mol. The van der Waals surface area contributed by atoms with E-state index in [9.17, 15) is 13.6 Å². The zero-order valence-corrected chi connectivity index (χ0v) is 12.2. The maximum Gasteiger partial charge on any atom is 0.343 e. The highest BCUT2D eigenvalue weighted by Crippen LogP contribution is 2.20. The average molecular weight is 332 g/mol. The van der Waals surface area contributed by atoms with E-state index in [1.165, 1.54) is 18.6 Å². The summed E-state index contributed by atoms with van der Waals surface area (Å²) in [5.74, 6) is -0.517. The van der Waals surface area contributed by atoms with Crippen LogP contribution < -0.4 is 5.32 Å². The van der Waals surface area contributed by atoms with Crippen molar-refractivity contribution >= 4 is 29.1 Å². The van der Waals surface area contributed by atoms with Gasteiger partial charge in [-0.2, -0.15) is 10.1 Å². The quantitative estimate of drug-likeness (QED) is 0.647. The van der Waals surface area contributed by atoms with Crippen molar-refractivity contribution in [2.24, 2.45) is 0 Å². The van der Waals surface area contributed by atoms with E-state index < -0.39 is 18.9 Å². The maximum atomic E-state index is 12.3. The Kier molecular flexibility index (Phi) is 5.21. The Morgan fingerprint density at radius 2 is 2.27 bits per heavy atom. The summed E-state index contributed by atoms with van der Waals surface area (Å²) in [6.45, 7) is 1.32. The highest BCUT2D eigenvalue weighted by Gasteiger charge is 2.16. The van der Waals surface area contributed by atoms with Crippen LogP contribution in [-0.2, 0) is 11.3 Å². The van der Waals surface area contributed by atoms with Gasteiger partial charge in [0, 0.05) is 12.4 Å². The van der Waals surface area contributed by atoms with E-state index >= 15 is 0 Å². The second-order valence-electron chi connectivity index (χ2n) is 4.09. The number of hydrogen-bond acceptors (Lipinski definition) is 6. The van der Waals surface area contributed by atoms with Crippen LogP contribution in [0.1, 0.15) is 17.3 Å². The molecule has 7 nitrogen and oxygen atoms in total. The Morgan fingerprint density at radius 1 is 1.50 bits per heavy atom. The molecule has 22 heavy (non-hydrogen) atoms. The van der Waals surface area contributed by atoms with Gasteiger partial charge < -0.3 is 10.1 Å². The van der Waals surface area contributed by atoms with Crippen LogP contribution in [0.3, 0.4) is 0 Å². The largest absolute Gasteiger partial charge is 0.462 e. The Bertz CT molecular complexity index is 665. The van der Waals surface area contributed by atoms with Gasteiger partial charge >= 0.3 is 5.97 Å². The summed E-state index contributed by atoms with van der Waals surface area (Å²) in [7, 11) is 0. The van der Waals surface area contributed by atoms with E-state index in [4.69, 9.17) is 16.3 Å². The van der Waals surface area contributed by atoms with Crippen molar-refractivity contribution in [2.75, 3.05) is 11.9 Å². The van der Waals surface area contributed by atoms with Crippen LogP contribution in [0, 0.1) is 0 Å². The molecule has 0 unspecified atom stereocenters. The molecule has 2 heterocycles. The molecule has 0 fully saturated rings. The molecule has 10 heteroatoms. The lowest BCUT2D eigenvalue weighted by molar-refractivity contribution is 0.0526. The first-order valence-electron chi connectivity index (χ1n) is 6.27. The number of rotatable bonds is 6. The Morgan fingerprint density at radius 3 is 2.95 bits per heavy atom. The predicted molar refractivity (Wildman–Crippen MR) is 74.5 cm³/mol. The third kappa shape index (κ3) is 4.10. The molecule has 0 atom stereocenters. The summed E-state index contributed by atoms with van der Waals surface area (Å²) < 4.78 is 30.5. The number of nitrogens with one attached hydrogen (secondary N) is 1. The fourth-order valence-electron chi connectivity index (χ4n) is 1.62. The summed E-state index contributed by atoms with van der Waals surface area (Å²) in [5, 5.41) is 6.48. The summed E-state index contributed by atoms with van der Waals surface area (Å²) in [4.78, 5) is 19.4. The first-order valence-corrected chi connectivity index (χ1v) is 6.64. The lowest BCUT2D eigenvalue weighted by Crippen LogP contribution is -2.10. The van der Waals surface area contributed by atoms with Gasteiger partial charge in [0.05, 0.1) is 18.5 Å². The second kappa shape index (κ2) is 7.12. The maximum absolute atomic E-state index is 12.3. The zero-order chi connectivity index (χ0) is 16.1. The highest BCUT2D eigenvalue weighted by molar-refractivity contribution is 6.28. The van der Waals surface area contributed by atoms with Crippen molar-refractivity contribution in [3.05, 3.63) is 29.4 Å². The summed E-state index contributed by atoms with van der Waals surface area (Å²) >= 11 is 5.70. The number of esters is 1. The normalized spacial score (nSPS) is 10.8.